The molecule has 1 aromatic heterocycles. The summed E-state index contributed by atoms with van der Waals surface area (Å²) < 4.78 is 9.99. The Bertz CT molecular complexity index is 689. The van der Waals surface area contributed by atoms with E-state index in [2.05, 4.69) is 0 Å². The van der Waals surface area contributed by atoms with Gasteiger partial charge in [-0.25, -0.2) is 9.59 Å². The maximum atomic E-state index is 12.4. The molecule has 0 radical (unpaired) electrons. The normalized spacial score (nSPS) is 12.8. The molecule has 4 nitrogen and oxygen atoms in total. The van der Waals surface area contributed by atoms with Gasteiger partial charge in [-0.15, -0.1) is 0 Å². The summed E-state index contributed by atoms with van der Waals surface area (Å²) in [6.45, 7) is 0. The van der Waals surface area contributed by atoms with E-state index in [0.29, 0.717) is 10.6 Å². The van der Waals surface area contributed by atoms with Crippen molar-refractivity contribution in [1.29, 1.82) is 0 Å². The zero-order chi connectivity index (χ0) is 15.7. The number of esters is 2. The first-order valence-corrected chi connectivity index (χ1v) is 8.51. The van der Waals surface area contributed by atoms with Crippen molar-refractivity contribution in [2.75, 3.05) is 14.2 Å². The second-order valence-electron chi connectivity index (χ2n) is 5.16. The molecule has 5 heteroatoms. The van der Waals surface area contributed by atoms with E-state index in [1.807, 2.05) is 30.3 Å². The Labute approximate surface area is 130 Å². The maximum Gasteiger partial charge on any atom is 0.342 e. The number of hydrogen-bond acceptors (Lipinski definition) is 4. The summed E-state index contributed by atoms with van der Waals surface area (Å²) in [5, 5.41) is 2.31. The average Bonchev–Trinajstić information content (AvgIpc) is 3.14. The minimum absolute atomic E-state index is 0.330. The van der Waals surface area contributed by atoms with Gasteiger partial charge in [-0.05, 0) is 35.7 Å². The van der Waals surface area contributed by atoms with Crippen LogP contribution in [0.25, 0.3) is 5.30 Å². The van der Waals surface area contributed by atoms with E-state index in [1.165, 1.54) is 14.2 Å². The predicted molar refractivity (Wildman–Crippen MR) is 85.2 cm³/mol. The van der Waals surface area contributed by atoms with Crippen molar-refractivity contribution in [2.45, 2.75) is 19.3 Å². The van der Waals surface area contributed by atoms with E-state index in [0.717, 1.165) is 35.7 Å². The Kier molecular flexibility index (Phi) is 4.04. The summed E-state index contributed by atoms with van der Waals surface area (Å²) >= 11 is 0. The minimum Gasteiger partial charge on any atom is -0.465 e. The molecule has 0 fully saturated rings. The Hall–Kier alpha value is -2.06. The molecule has 22 heavy (non-hydrogen) atoms. The molecule has 0 saturated carbocycles. The van der Waals surface area contributed by atoms with Crippen LogP contribution < -0.4 is 0 Å². The van der Waals surface area contributed by atoms with Gasteiger partial charge < -0.3 is 9.47 Å². The minimum atomic E-state index is -1.18. The molecule has 1 aliphatic carbocycles. The standard InChI is InChI=1S/C17H17O4P/c1-20-16(18)14-12-9-6-10-13(12)15(17(19)21-2)22(14)11-7-4-3-5-8-11/h3-5,7-8H,6,9-10H2,1-2H3. The lowest BCUT2D eigenvalue weighted by Gasteiger charge is -2.09. The SMILES string of the molecule is COC(=O)c1c2c(c(C(=O)OC)p1-c1ccccc1)CCC2. The summed E-state index contributed by atoms with van der Waals surface area (Å²) in [6.07, 6.45) is 2.61. The number of carbonyl (C=O) groups is 2. The van der Waals surface area contributed by atoms with Crippen molar-refractivity contribution in [1.82, 2.24) is 0 Å². The fraction of sp³-hybridized carbons (Fsp3) is 0.294. The molecular weight excluding hydrogens is 299 g/mol. The molecule has 114 valence electrons. The van der Waals surface area contributed by atoms with Crippen molar-refractivity contribution in [3.05, 3.63) is 52.0 Å². The number of benzene rings is 1. The van der Waals surface area contributed by atoms with E-state index in [-0.39, 0.29) is 11.9 Å². The van der Waals surface area contributed by atoms with Gasteiger partial charge in [-0.2, -0.15) is 0 Å². The van der Waals surface area contributed by atoms with Crippen molar-refractivity contribution >= 4 is 19.5 Å². The summed E-state index contributed by atoms with van der Waals surface area (Å²) in [5.74, 6) is -0.661. The lowest BCUT2D eigenvalue weighted by Crippen LogP contribution is -2.03. The molecule has 1 heterocycles. The van der Waals surface area contributed by atoms with E-state index in [1.54, 1.807) is 0 Å². The topological polar surface area (TPSA) is 52.6 Å². The van der Waals surface area contributed by atoms with Gasteiger partial charge in [-0.3, -0.25) is 0 Å². The van der Waals surface area contributed by atoms with Crippen molar-refractivity contribution in [3.63, 3.8) is 0 Å². The molecule has 1 aromatic carbocycles. The summed E-state index contributed by atoms with van der Waals surface area (Å²) in [7, 11) is 1.60. The lowest BCUT2D eigenvalue weighted by molar-refractivity contribution is 0.0598. The molecule has 3 rings (SSSR count). The molecule has 1 aliphatic rings. The van der Waals surface area contributed by atoms with Gasteiger partial charge in [0.25, 0.3) is 0 Å². The second-order valence-corrected chi connectivity index (χ2v) is 7.24. The molecule has 0 N–H and O–H groups in total. The quantitative estimate of drug-likeness (QED) is 0.810. The molecule has 2 aromatic rings. The van der Waals surface area contributed by atoms with Crippen LogP contribution in [-0.2, 0) is 22.3 Å². The summed E-state index contributed by atoms with van der Waals surface area (Å²) in [5.41, 5.74) is 2.00. The maximum absolute atomic E-state index is 12.4. The third-order valence-electron chi connectivity index (χ3n) is 4.01. The largest absolute Gasteiger partial charge is 0.465 e. The molecule has 0 aliphatic heterocycles. The lowest BCUT2D eigenvalue weighted by atomic mass is 10.1. The van der Waals surface area contributed by atoms with Gasteiger partial charge in [0.05, 0.1) is 24.8 Å². The fourth-order valence-corrected chi connectivity index (χ4v) is 5.90. The van der Waals surface area contributed by atoms with Crippen molar-refractivity contribution in [3.8, 4) is 5.30 Å². The number of methoxy groups -OCH3 is 2. The number of ether oxygens (including phenoxy) is 2. The number of hydrogen-bond donors (Lipinski definition) is 0. The van der Waals surface area contributed by atoms with Crippen LogP contribution in [0.2, 0.25) is 0 Å². The Morgan fingerprint density at radius 3 is 1.86 bits per heavy atom. The van der Waals surface area contributed by atoms with Crippen LogP contribution in [0.3, 0.4) is 0 Å². The summed E-state index contributed by atoms with van der Waals surface area (Å²) in [6, 6.07) is 9.68. The van der Waals surface area contributed by atoms with E-state index in [9.17, 15) is 9.59 Å². The van der Waals surface area contributed by atoms with Crippen LogP contribution in [-0.4, -0.2) is 26.2 Å². The highest BCUT2D eigenvalue weighted by Crippen LogP contribution is 2.54. The highest BCUT2D eigenvalue weighted by Gasteiger charge is 2.34. The highest BCUT2D eigenvalue weighted by molar-refractivity contribution is 7.60. The van der Waals surface area contributed by atoms with Gasteiger partial charge >= 0.3 is 11.9 Å². The molecule has 0 amide bonds. The molecule has 0 saturated heterocycles. The molecule has 0 bridgehead atoms. The van der Waals surface area contributed by atoms with E-state index < -0.39 is 7.53 Å². The molecule has 0 atom stereocenters. The van der Waals surface area contributed by atoms with Crippen LogP contribution >= 0.6 is 7.53 Å². The van der Waals surface area contributed by atoms with Gasteiger partial charge in [0.2, 0.25) is 0 Å². The molecular formula is C17H17O4P. The number of rotatable bonds is 3. The Balaban J connectivity index is 2.34. The van der Waals surface area contributed by atoms with Gasteiger partial charge in [0, 0.05) is 0 Å². The van der Waals surface area contributed by atoms with Crippen LogP contribution in [0.1, 0.15) is 37.7 Å². The first kappa shape index (κ1) is 14.9. The second kappa shape index (κ2) is 5.98. The number of carbonyl (C=O) groups excluding carboxylic acids is 2. The van der Waals surface area contributed by atoms with Gasteiger partial charge in [0.15, 0.2) is 0 Å². The molecule has 0 unspecified atom stereocenters. The van der Waals surface area contributed by atoms with Gasteiger partial charge in [-0.1, -0.05) is 37.9 Å². The fourth-order valence-electron chi connectivity index (χ4n) is 3.11. The third kappa shape index (κ3) is 2.24. The Morgan fingerprint density at radius 2 is 1.41 bits per heavy atom. The number of fused-ring (bicyclic) bond motifs is 1. The van der Waals surface area contributed by atoms with Crippen molar-refractivity contribution in [2.24, 2.45) is 0 Å². The van der Waals surface area contributed by atoms with Crippen LogP contribution in [0, 0.1) is 0 Å². The molecule has 0 spiro atoms. The van der Waals surface area contributed by atoms with Crippen LogP contribution in [0.15, 0.2) is 30.3 Å². The van der Waals surface area contributed by atoms with Crippen LogP contribution in [0.5, 0.6) is 0 Å². The zero-order valence-corrected chi connectivity index (χ0v) is 13.5. The van der Waals surface area contributed by atoms with Crippen molar-refractivity contribution < 1.29 is 19.1 Å². The van der Waals surface area contributed by atoms with E-state index >= 15 is 0 Å². The third-order valence-corrected chi connectivity index (χ3v) is 6.62. The smallest absolute Gasteiger partial charge is 0.342 e. The van der Waals surface area contributed by atoms with Crippen LogP contribution in [0.4, 0.5) is 0 Å². The predicted octanol–water partition coefficient (Wildman–Crippen LogP) is 3.72. The Morgan fingerprint density at radius 1 is 0.909 bits per heavy atom. The summed E-state index contributed by atoms with van der Waals surface area (Å²) in [4.78, 5) is 24.7. The zero-order valence-electron chi connectivity index (χ0n) is 12.6. The first-order chi connectivity index (χ1) is 10.7. The van der Waals surface area contributed by atoms with Gasteiger partial charge in [0.1, 0.15) is 0 Å². The monoisotopic (exact) mass is 316 g/mol. The highest BCUT2D eigenvalue weighted by atomic mass is 31.1. The first-order valence-electron chi connectivity index (χ1n) is 7.17. The van der Waals surface area contributed by atoms with E-state index in [4.69, 9.17) is 9.47 Å². The average molecular weight is 316 g/mol.